The average molecular weight is 286 g/mol. The van der Waals surface area contributed by atoms with Gasteiger partial charge in [0.25, 0.3) is 0 Å². The van der Waals surface area contributed by atoms with Crippen molar-refractivity contribution in [2.24, 2.45) is 0 Å². The summed E-state index contributed by atoms with van der Waals surface area (Å²) in [5.74, 6) is -0.563. The fourth-order valence-corrected chi connectivity index (χ4v) is 2.82. The maximum absolute atomic E-state index is 5.97. The Morgan fingerprint density at radius 3 is 2.57 bits per heavy atom. The number of ether oxygens (including phenoxy) is 2. The number of rotatable bonds is 6. The predicted octanol–water partition coefficient (Wildman–Crippen LogP) is 3.13. The van der Waals surface area contributed by atoms with E-state index in [2.05, 4.69) is 40.7 Å². The lowest BCUT2D eigenvalue weighted by Gasteiger charge is -2.28. The third-order valence-corrected chi connectivity index (χ3v) is 4.04. The van der Waals surface area contributed by atoms with Gasteiger partial charge >= 0.3 is 0 Å². The van der Waals surface area contributed by atoms with Crippen LogP contribution < -0.4 is 0 Å². The molecular weight excluding hydrogens is 264 g/mol. The first kappa shape index (κ1) is 14.3. The van der Waals surface area contributed by atoms with Crippen molar-refractivity contribution in [3.8, 4) is 0 Å². The third kappa shape index (κ3) is 3.17. The van der Waals surface area contributed by atoms with E-state index in [1.165, 1.54) is 5.56 Å². The number of benzene rings is 1. The van der Waals surface area contributed by atoms with E-state index in [0.717, 1.165) is 31.4 Å². The lowest BCUT2D eigenvalue weighted by molar-refractivity contribution is -0.172. The lowest BCUT2D eigenvalue weighted by atomic mass is 9.98. The molecule has 0 unspecified atom stereocenters. The van der Waals surface area contributed by atoms with E-state index in [1.54, 1.807) is 0 Å². The van der Waals surface area contributed by atoms with Gasteiger partial charge in [-0.1, -0.05) is 31.2 Å². The second-order valence-corrected chi connectivity index (χ2v) is 5.40. The molecule has 0 bridgehead atoms. The maximum atomic E-state index is 5.97. The van der Waals surface area contributed by atoms with Gasteiger partial charge in [-0.15, -0.1) is 0 Å². The van der Waals surface area contributed by atoms with E-state index in [0.29, 0.717) is 13.2 Å². The molecule has 2 aromatic rings. The molecule has 0 atom stereocenters. The Bertz CT molecular complexity index is 543. The molecule has 4 nitrogen and oxygen atoms in total. The summed E-state index contributed by atoms with van der Waals surface area (Å²) in [6.45, 7) is 4.43. The molecule has 0 aliphatic carbocycles. The van der Waals surface area contributed by atoms with Crippen LogP contribution in [0.5, 0.6) is 0 Å². The Hall–Kier alpha value is -1.65. The quantitative estimate of drug-likeness (QED) is 0.818. The number of aryl methyl sites for hydroxylation is 2. The third-order valence-electron chi connectivity index (χ3n) is 4.04. The Labute approximate surface area is 125 Å². The minimum Gasteiger partial charge on any atom is -0.343 e. The molecule has 1 aromatic carbocycles. The SMILES string of the molecule is CCc1ccc(C2(CCCn3ccnc3)OCCO2)cc1. The van der Waals surface area contributed by atoms with E-state index in [4.69, 9.17) is 9.47 Å². The molecule has 1 aromatic heterocycles. The molecule has 1 aliphatic heterocycles. The van der Waals surface area contributed by atoms with Crippen molar-refractivity contribution in [3.05, 3.63) is 54.1 Å². The molecular formula is C17H22N2O2. The number of nitrogens with zero attached hydrogens (tertiary/aromatic N) is 2. The molecule has 4 heteroatoms. The van der Waals surface area contributed by atoms with Crippen LogP contribution in [0.3, 0.4) is 0 Å². The van der Waals surface area contributed by atoms with Crippen molar-refractivity contribution < 1.29 is 9.47 Å². The van der Waals surface area contributed by atoms with Crippen LogP contribution in [0.4, 0.5) is 0 Å². The van der Waals surface area contributed by atoms with Crippen LogP contribution in [-0.4, -0.2) is 22.8 Å². The lowest BCUT2D eigenvalue weighted by Crippen LogP contribution is -2.27. The number of hydrogen-bond donors (Lipinski definition) is 0. The van der Waals surface area contributed by atoms with Crippen molar-refractivity contribution in [3.63, 3.8) is 0 Å². The van der Waals surface area contributed by atoms with Crippen molar-refractivity contribution in [1.29, 1.82) is 0 Å². The molecule has 1 aliphatic rings. The topological polar surface area (TPSA) is 36.3 Å². The second-order valence-electron chi connectivity index (χ2n) is 5.40. The standard InChI is InChI=1S/C17H22N2O2/c1-2-15-4-6-16(7-5-15)17(20-12-13-21-17)8-3-10-19-11-9-18-14-19/h4-7,9,11,14H,2-3,8,10,12-13H2,1H3. The molecule has 3 rings (SSSR count). The Morgan fingerprint density at radius 2 is 1.95 bits per heavy atom. The smallest absolute Gasteiger partial charge is 0.195 e. The van der Waals surface area contributed by atoms with Crippen LogP contribution in [0.15, 0.2) is 43.0 Å². The fraction of sp³-hybridized carbons (Fsp3) is 0.471. The van der Waals surface area contributed by atoms with Gasteiger partial charge in [0.05, 0.1) is 19.5 Å². The summed E-state index contributed by atoms with van der Waals surface area (Å²) >= 11 is 0. The number of imidazole rings is 1. The fourth-order valence-electron chi connectivity index (χ4n) is 2.82. The molecule has 0 amide bonds. The van der Waals surface area contributed by atoms with Crippen molar-refractivity contribution in [2.45, 2.75) is 38.5 Å². The molecule has 2 heterocycles. The van der Waals surface area contributed by atoms with E-state index in [9.17, 15) is 0 Å². The van der Waals surface area contributed by atoms with E-state index in [-0.39, 0.29) is 0 Å². The summed E-state index contributed by atoms with van der Waals surface area (Å²) in [6.07, 6.45) is 8.54. The first-order valence-electron chi connectivity index (χ1n) is 7.65. The monoisotopic (exact) mass is 286 g/mol. The number of hydrogen-bond acceptors (Lipinski definition) is 3. The van der Waals surface area contributed by atoms with Gasteiger partial charge in [-0.3, -0.25) is 0 Å². The molecule has 0 spiro atoms. The average Bonchev–Trinajstić information content (AvgIpc) is 3.20. The molecule has 0 radical (unpaired) electrons. The highest BCUT2D eigenvalue weighted by Crippen LogP contribution is 2.36. The summed E-state index contributed by atoms with van der Waals surface area (Å²) in [5, 5.41) is 0. The Kier molecular flexibility index (Phi) is 4.36. The van der Waals surface area contributed by atoms with Crippen LogP contribution in [0.2, 0.25) is 0 Å². The highest BCUT2D eigenvalue weighted by Gasteiger charge is 2.37. The summed E-state index contributed by atoms with van der Waals surface area (Å²) < 4.78 is 14.0. The maximum Gasteiger partial charge on any atom is 0.195 e. The molecule has 0 saturated carbocycles. The van der Waals surface area contributed by atoms with Gasteiger partial charge in [0.1, 0.15) is 0 Å². The predicted molar refractivity (Wildman–Crippen MR) is 80.9 cm³/mol. The molecule has 1 saturated heterocycles. The second kappa shape index (κ2) is 6.41. The molecule has 1 fully saturated rings. The zero-order valence-electron chi connectivity index (χ0n) is 12.5. The zero-order chi connectivity index (χ0) is 14.5. The zero-order valence-corrected chi connectivity index (χ0v) is 12.5. The van der Waals surface area contributed by atoms with Crippen molar-refractivity contribution in [2.75, 3.05) is 13.2 Å². The van der Waals surface area contributed by atoms with Gasteiger partial charge in [0.15, 0.2) is 5.79 Å². The largest absolute Gasteiger partial charge is 0.343 e. The van der Waals surface area contributed by atoms with Crippen LogP contribution in [0.1, 0.15) is 30.9 Å². The molecule has 112 valence electrons. The van der Waals surface area contributed by atoms with Crippen LogP contribution in [-0.2, 0) is 28.2 Å². The van der Waals surface area contributed by atoms with Gasteiger partial charge in [-0.25, -0.2) is 4.98 Å². The first-order valence-corrected chi connectivity index (χ1v) is 7.65. The Balaban J connectivity index is 1.69. The van der Waals surface area contributed by atoms with Crippen LogP contribution >= 0.6 is 0 Å². The van der Waals surface area contributed by atoms with Gasteiger partial charge in [-0.2, -0.15) is 0 Å². The molecule has 21 heavy (non-hydrogen) atoms. The summed E-state index contributed by atoms with van der Waals surface area (Å²) in [7, 11) is 0. The van der Waals surface area contributed by atoms with Gasteiger partial charge in [0, 0.05) is 30.9 Å². The van der Waals surface area contributed by atoms with Crippen LogP contribution in [0, 0.1) is 0 Å². The van der Waals surface area contributed by atoms with Crippen LogP contribution in [0.25, 0.3) is 0 Å². The Morgan fingerprint density at radius 1 is 1.19 bits per heavy atom. The molecule has 0 N–H and O–H groups in total. The summed E-state index contributed by atoms with van der Waals surface area (Å²) in [5.41, 5.74) is 2.47. The minimum atomic E-state index is -0.563. The van der Waals surface area contributed by atoms with Crippen molar-refractivity contribution >= 4 is 0 Å². The van der Waals surface area contributed by atoms with E-state index >= 15 is 0 Å². The first-order chi connectivity index (χ1) is 10.3. The van der Waals surface area contributed by atoms with E-state index < -0.39 is 5.79 Å². The summed E-state index contributed by atoms with van der Waals surface area (Å²) in [4.78, 5) is 4.07. The van der Waals surface area contributed by atoms with Gasteiger partial charge in [0.2, 0.25) is 0 Å². The van der Waals surface area contributed by atoms with Gasteiger partial charge in [-0.05, 0) is 18.4 Å². The van der Waals surface area contributed by atoms with Crippen molar-refractivity contribution in [1.82, 2.24) is 9.55 Å². The highest BCUT2D eigenvalue weighted by molar-refractivity contribution is 5.26. The number of aromatic nitrogens is 2. The summed E-state index contributed by atoms with van der Waals surface area (Å²) in [6, 6.07) is 8.61. The normalized spacial score (nSPS) is 17.2. The van der Waals surface area contributed by atoms with Gasteiger partial charge < -0.3 is 14.0 Å². The minimum absolute atomic E-state index is 0.563. The highest BCUT2D eigenvalue weighted by atomic mass is 16.7. The van der Waals surface area contributed by atoms with E-state index in [1.807, 2.05) is 18.7 Å².